The van der Waals surface area contributed by atoms with Gasteiger partial charge in [0.05, 0.1) is 4.88 Å². The lowest BCUT2D eigenvalue weighted by molar-refractivity contribution is 0.0924. The Kier molecular flexibility index (Phi) is 4.89. The molecule has 0 bridgehead atoms. The van der Waals surface area contributed by atoms with Crippen LogP contribution in [0.1, 0.15) is 41.6 Å². The monoisotopic (exact) mass is 366 g/mol. The van der Waals surface area contributed by atoms with E-state index >= 15 is 0 Å². The molecule has 21 heavy (non-hydrogen) atoms. The Morgan fingerprint density at radius 3 is 2.52 bits per heavy atom. The Morgan fingerprint density at radius 1 is 1.29 bits per heavy atom. The largest absolute Gasteiger partial charge is 0.485 e. The average Bonchev–Trinajstić information content (AvgIpc) is 2.82. The van der Waals surface area contributed by atoms with E-state index in [0.29, 0.717) is 4.88 Å². The predicted molar refractivity (Wildman–Crippen MR) is 91.7 cm³/mol. The number of carbonyl (C=O) groups excluding carboxylic acids is 1. The molecule has 1 aromatic carbocycles. The number of aryl methyl sites for hydroxylation is 1. The van der Waals surface area contributed by atoms with Crippen LogP contribution in [0, 0.1) is 6.92 Å². The number of benzene rings is 1. The van der Waals surface area contributed by atoms with Crippen molar-refractivity contribution >= 4 is 33.0 Å². The summed E-state index contributed by atoms with van der Waals surface area (Å²) in [5.74, 6) is 0.764. The molecule has 0 aliphatic rings. The number of hydrogen-bond donors (Lipinski definition) is 0. The molecule has 0 N–H and O–H groups in total. The van der Waals surface area contributed by atoms with Gasteiger partial charge < -0.3 is 4.74 Å². The number of thiophene rings is 1. The van der Waals surface area contributed by atoms with Gasteiger partial charge in [-0.15, -0.1) is 11.3 Å². The summed E-state index contributed by atoms with van der Waals surface area (Å²) in [7, 11) is 0. The summed E-state index contributed by atoms with van der Waals surface area (Å²) >= 11 is 4.80. The fourth-order valence-corrected chi connectivity index (χ4v) is 3.50. The number of ketones is 1. The van der Waals surface area contributed by atoms with Crippen LogP contribution in [-0.2, 0) is 5.41 Å². The van der Waals surface area contributed by atoms with E-state index in [-0.39, 0.29) is 17.8 Å². The lowest BCUT2D eigenvalue weighted by Gasteiger charge is -2.20. The summed E-state index contributed by atoms with van der Waals surface area (Å²) in [6.07, 6.45) is 0. The SMILES string of the molecule is Cc1cc(C(C)(C)C)ccc1OCC(=O)c1sccc1Br. The Bertz CT molecular complexity index is 653. The Balaban J connectivity index is 2.07. The number of halogens is 1. The van der Waals surface area contributed by atoms with Crippen LogP contribution in [0.4, 0.5) is 0 Å². The highest BCUT2D eigenvalue weighted by Crippen LogP contribution is 2.28. The Hall–Kier alpha value is -1.13. The molecule has 0 amide bonds. The maximum Gasteiger partial charge on any atom is 0.211 e. The van der Waals surface area contributed by atoms with Crippen LogP contribution in [0.15, 0.2) is 34.1 Å². The third-order valence-corrected chi connectivity index (χ3v) is 5.15. The number of hydrogen-bond acceptors (Lipinski definition) is 3. The minimum absolute atomic E-state index is 0.00354. The standard InChI is InChI=1S/C17H19BrO2S/c1-11-9-12(17(2,3)4)5-6-15(11)20-10-14(19)16-13(18)7-8-21-16/h5-9H,10H2,1-4H3. The summed E-state index contributed by atoms with van der Waals surface area (Å²) in [5, 5.41) is 1.89. The van der Waals surface area contributed by atoms with Crippen LogP contribution in [-0.4, -0.2) is 12.4 Å². The van der Waals surface area contributed by atoms with Gasteiger partial charge in [-0.1, -0.05) is 32.9 Å². The van der Waals surface area contributed by atoms with Gasteiger partial charge >= 0.3 is 0 Å². The summed E-state index contributed by atoms with van der Waals surface area (Å²) in [6, 6.07) is 8.02. The van der Waals surface area contributed by atoms with Gasteiger partial charge in [0.15, 0.2) is 6.61 Å². The van der Waals surface area contributed by atoms with Crippen LogP contribution in [0.25, 0.3) is 0 Å². The number of carbonyl (C=O) groups is 1. The van der Waals surface area contributed by atoms with Crippen molar-refractivity contribution in [3.63, 3.8) is 0 Å². The summed E-state index contributed by atoms with van der Waals surface area (Å²) < 4.78 is 6.52. The molecule has 2 nitrogen and oxygen atoms in total. The van der Waals surface area contributed by atoms with E-state index in [0.717, 1.165) is 15.8 Å². The molecule has 2 aromatic rings. The van der Waals surface area contributed by atoms with E-state index in [2.05, 4.69) is 48.8 Å². The average molecular weight is 367 g/mol. The highest BCUT2D eigenvalue weighted by molar-refractivity contribution is 9.10. The highest BCUT2D eigenvalue weighted by Gasteiger charge is 2.16. The molecular weight excluding hydrogens is 348 g/mol. The predicted octanol–water partition coefficient (Wildman–Crippen LogP) is 5.38. The van der Waals surface area contributed by atoms with E-state index < -0.39 is 0 Å². The zero-order valence-corrected chi connectivity index (χ0v) is 15.1. The van der Waals surface area contributed by atoms with Crippen LogP contribution in [0.3, 0.4) is 0 Å². The van der Waals surface area contributed by atoms with Crippen molar-refractivity contribution in [2.24, 2.45) is 0 Å². The second kappa shape index (κ2) is 6.32. The second-order valence-electron chi connectivity index (χ2n) is 6.04. The normalized spacial score (nSPS) is 11.5. The molecule has 0 spiro atoms. The lowest BCUT2D eigenvalue weighted by atomic mass is 9.86. The van der Waals surface area contributed by atoms with E-state index in [9.17, 15) is 4.79 Å². The smallest absolute Gasteiger partial charge is 0.211 e. The molecule has 0 radical (unpaired) electrons. The number of rotatable bonds is 4. The van der Waals surface area contributed by atoms with E-state index in [4.69, 9.17) is 4.74 Å². The van der Waals surface area contributed by atoms with Gasteiger partial charge in [0, 0.05) is 4.47 Å². The van der Waals surface area contributed by atoms with Crippen molar-refractivity contribution in [3.8, 4) is 5.75 Å². The zero-order chi connectivity index (χ0) is 15.6. The molecule has 0 aliphatic carbocycles. The van der Waals surface area contributed by atoms with Gasteiger partial charge in [-0.25, -0.2) is 0 Å². The molecule has 0 saturated carbocycles. The summed E-state index contributed by atoms with van der Waals surface area (Å²) in [5.41, 5.74) is 2.43. The third-order valence-electron chi connectivity index (χ3n) is 3.27. The van der Waals surface area contributed by atoms with Crippen LogP contribution in [0.5, 0.6) is 5.75 Å². The Labute approximate surface area is 138 Å². The molecule has 1 aromatic heterocycles. The van der Waals surface area contributed by atoms with E-state index in [1.165, 1.54) is 16.9 Å². The van der Waals surface area contributed by atoms with Crippen molar-refractivity contribution in [2.75, 3.05) is 6.61 Å². The minimum Gasteiger partial charge on any atom is -0.485 e. The fraction of sp³-hybridized carbons (Fsp3) is 0.353. The first-order valence-electron chi connectivity index (χ1n) is 6.79. The minimum atomic E-state index is -0.00354. The molecule has 0 unspecified atom stereocenters. The van der Waals surface area contributed by atoms with Crippen LogP contribution < -0.4 is 4.74 Å². The third kappa shape index (κ3) is 3.95. The maximum absolute atomic E-state index is 12.1. The van der Waals surface area contributed by atoms with E-state index in [1.54, 1.807) is 0 Å². The fourth-order valence-electron chi connectivity index (χ4n) is 1.98. The lowest BCUT2D eigenvalue weighted by Crippen LogP contribution is -2.13. The highest BCUT2D eigenvalue weighted by atomic mass is 79.9. The van der Waals surface area contributed by atoms with Crippen molar-refractivity contribution in [1.29, 1.82) is 0 Å². The van der Waals surface area contributed by atoms with Gasteiger partial charge in [0.1, 0.15) is 5.75 Å². The molecular formula is C17H19BrO2S. The molecule has 0 atom stereocenters. The van der Waals surface area contributed by atoms with Crippen molar-refractivity contribution in [1.82, 2.24) is 0 Å². The zero-order valence-electron chi connectivity index (χ0n) is 12.7. The van der Waals surface area contributed by atoms with Gasteiger partial charge in [0.2, 0.25) is 5.78 Å². The second-order valence-corrected chi connectivity index (χ2v) is 7.81. The molecule has 0 saturated heterocycles. The van der Waals surface area contributed by atoms with Crippen LogP contribution >= 0.6 is 27.3 Å². The maximum atomic E-state index is 12.1. The van der Waals surface area contributed by atoms with Crippen molar-refractivity contribution < 1.29 is 9.53 Å². The van der Waals surface area contributed by atoms with Gasteiger partial charge in [-0.3, -0.25) is 4.79 Å². The van der Waals surface area contributed by atoms with Crippen LogP contribution in [0.2, 0.25) is 0 Å². The van der Waals surface area contributed by atoms with Gasteiger partial charge in [-0.2, -0.15) is 0 Å². The summed E-state index contributed by atoms with van der Waals surface area (Å²) in [4.78, 5) is 12.8. The summed E-state index contributed by atoms with van der Waals surface area (Å²) in [6.45, 7) is 8.62. The molecule has 0 aliphatic heterocycles. The topological polar surface area (TPSA) is 26.3 Å². The number of Topliss-reactive ketones (excluding diaryl/α,β-unsaturated/α-hetero) is 1. The molecule has 0 fully saturated rings. The number of ether oxygens (including phenoxy) is 1. The van der Waals surface area contributed by atoms with Gasteiger partial charge in [0.25, 0.3) is 0 Å². The first-order chi connectivity index (χ1) is 9.79. The Morgan fingerprint density at radius 2 is 2.00 bits per heavy atom. The van der Waals surface area contributed by atoms with Gasteiger partial charge in [-0.05, 0) is 56.9 Å². The van der Waals surface area contributed by atoms with Crippen molar-refractivity contribution in [3.05, 3.63) is 50.1 Å². The first kappa shape index (κ1) is 16.2. The van der Waals surface area contributed by atoms with Crippen molar-refractivity contribution in [2.45, 2.75) is 33.1 Å². The molecule has 2 rings (SSSR count). The molecule has 1 heterocycles. The molecule has 4 heteroatoms. The quantitative estimate of drug-likeness (QED) is 0.679. The van der Waals surface area contributed by atoms with E-state index in [1.807, 2.05) is 24.4 Å². The first-order valence-corrected chi connectivity index (χ1v) is 8.46. The molecule has 112 valence electrons.